The lowest BCUT2D eigenvalue weighted by molar-refractivity contribution is 0.0597. The maximum Gasteiger partial charge on any atom is 0.341 e. The largest absolute Gasteiger partial charge is 0.496 e. The number of sulfonamides is 1. The number of esters is 1. The third-order valence-corrected chi connectivity index (χ3v) is 4.18. The molecular formula is C12H19ClN2O5S. The average molecular weight is 339 g/mol. The van der Waals surface area contributed by atoms with Crippen LogP contribution in [0.5, 0.6) is 5.75 Å². The van der Waals surface area contributed by atoms with Crippen LogP contribution in [0, 0.1) is 0 Å². The van der Waals surface area contributed by atoms with Crippen LogP contribution in [0.25, 0.3) is 0 Å². The van der Waals surface area contributed by atoms with Crippen LogP contribution in [-0.2, 0) is 14.8 Å². The third kappa shape index (κ3) is 4.85. The molecule has 0 heterocycles. The second-order valence-electron chi connectivity index (χ2n) is 4.11. The Bertz CT molecular complexity index is 591. The van der Waals surface area contributed by atoms with Crippen LogP contribution in [-0.4, -0.2) is 41.2 Å². The van der Waals surface area contributed by atoms with Crippen LogP contribution in [0.2, 0.25) is 0 Å². The molecule has 0 saturated heterocycles. The van der Waals surface area contributed by atoms with Gasteiger partial charge in [-0.3, -0.25) is 0 Å². The van der Waals surface area contributed by atoms with Crippen molar-refractivity contribution in [3.8, 4) is 5.75 Å². The first-order chi connectivity index (χ1) is 9.35. The second kappa shape index (κ2) is 8.18. The van der Waals surface area contributed by atoms with E-state index in [2.05, 4.69) is 9.46 Å². The Morgan fingerprint density at radius 2 is 2.00 bits per heavy atom. The van der Waals surface area contributed by atoms with Crippen LogP contribution < -0.4 is 15.2 Å². The predicted octanol–water partition coefficient (Wildman–Crippen LogP) is 0.529. The van der Waals surface area contributed by atoms with E-state index in [-0.39, 0.29) is 35.2 Å². The average Bonchev–Trinajstić information content (AvgIpc) is 2.44. The molecule has 1 rings (SSSR count). The second-order valence-corrected chi connectivity index (χ2v) is 5.83. The summed E-state index contributed by atoms with van der Waals surface area (Å²) in [5.41, 5.74) is 5.42. The minimum absolute atomic E-state index is 0. The Hall–Kier alpha value is -1.35. The number of carbonyl (C=O) groups excluding carboxylic acids is 1. The normalized spacial score (nSPS) is 12.2. The van der Waals surface area contributed by atoms with E-state index in [9.17, 15) is 13.2 Å². The molecule has 21 heavy (non-hydrogen) atoms. The summed E-state index contributed by atoms with van der Waals surface area (Å²) in [5.74, 6) is -0.437. The van der Waals surface area contributed by atoms with Gasteiger partial charge in [-0.1, -0.05) is 0 Å². The number of carbonyl (C=O) groups is 1. The molecule has 120 valence electrons. The van der Waals surface area contributed by atoms with Crippen LogP contribution in [0.4, 0.5) is 0 Å². The van der Waals surface area contributed by atoms with Gasteiger partial charge < -0.3 is 15.2 Å². The minimum atomic E-state index is -3.75. The van der Waals surface area contributed by atoms with Gasteiger partial charge in [0.05, 0.1) is 19.1 Å². The monoisotopic (exact) mass is 338 g/mol. The zero-order valence-corrected chi connectivity index (χ0v) is 13.6. The number of hydrogen-bond donors (Lipinski definition) is 2. The molecule has 9 heteroatoms. The van der Waals surface area contributed by atoms with Crippen LogP contribution in [0.1, 0.15) is 17.3 Å². The van der Waals surface area contributed by atoms with Gasteiger partial charge in [-0.15, -0.1) is 12.4 Å². The Kier molecular flexibility index (Phi) is 7.65. The number of halogens is 1. The molecule has 0 fully saturated rings. The number of rotatable bonds is 6. The van der Waals surface area contributed by atoms with E-state index in [1.54, 1.807) is 6.92 Å². The summed E-state index contributed by atoms with van der Waals surface area (Å²) < 4.78 is 36.2. The van der Waals surface area contributed by atoms with Crippen molar-refractivity contribution in [2.75, 3.05) is 20.8 Å². The van der Waals surface area contributed by atoms with Crippen LogP contribution in [0.3, 0.4) is 0 Å². The molecule has 0 unspecified atom stereocenters. The first-order valence-corrected chi connectivity index (χ1v) is 7.32. The zero-order chi connectivity index (χ0) is 15.3. The Morgan fingerprint density at radius 1 is 1.38 bits per heavy atom. The van der Waals surface area contributed by atoms with Crippen molar-refractivity contribution >= 4 is 28.4 Å². The molecule has 1 aromatic rings. The summed E-state index contributed by atoms with van der Waals surface area (Å²) in [4.78, 5) is 11.6. The fraction of sp³-hybridized carbons (Fsp3) is 0.417. The lowest BCUT2D eigenvalue weighted by Gasteiger charge is -2.13. The highest BCUT2D eigenvalue weighted by molar-refractivity contribution is 7.89. The molecule has 0 aromatic heterocycles. The first-order valence-electron chi connectivity index (χ1n) is 5.84. The van der Waals surface area contributed by atoms with E-state index in [1.165, 1.54) is 32.4 Å². The molecule has 0 amide bonds. The van der Waals surface area contributed by atoms with Gasteiger partial charge in [-0.05, 0) is 25.1 Å². The molecule has 3 N–H and O–H groups in total. The minimum Gasteiger partial charge on any atom is -0.496 e. The molecular weight excluding hydrogens is 320 g/mol. The summed E-state index contributed by atoms with van der Waals surface area (Å²) in [7, 11) is -1.17. The van der Waals surface area contributed by atoms with Gasteiger partial charge in [0.1, 0.15) is 11.3 Å². The number of hydrogen-bond acceptors (Lipinski definition) is 6. The van der Waals surface area contributed by atoms with Crippen LogP contribution >= 0.6 is 12.4 Å². The molecule has 7 nitrogen and oxygen atoms in total. The molecule has 0 spiro atoms. The lowest BCUT2D eigenvalue weighted by Crippen LogP contribution is -2.37. The fourth-order valence-electron chi connectivity index (χ4n) is 1.50. The van der Waals surface area contributed by atoms with E-state index in [4.69, 9.17) is 10.5 Å². The van der Waals surface area contributed by atoms with Gasteiger partial charge in [-0.2, -0.15) is 0 Å². The highest BCUT2D eigenvalue weighted by atomic mass is 35.5. The van der Waals surface area contributed by atoms with Gasteiger partial charge >= 0.3 is 5.97 Å². The standard InChI is InChI=1S/C12H18N2O5S.ClH/c1-8(7-13)14-20(16,17)9-4-5-11(18-2)10(6-9)12(15)19-3;/h4-6,8,14H,7,13H2,1-3H3;1H/t8-;/m0./s1. The van der Waals surface area contributed by atoms with Crippen molar-refractivity contribution in [2.24, 2.45) is 5.73 Å². The van der Waals surface area contributed by atoms with Crippen molar-refractivity contribution in [3.63, 3.8) is 0 Å². The van der Waals surface area contributed by atoms with Crippen molar-refractivity contribution in [1.29, 1.82) is 0 Å². The lowest BCUT2D eigenvalue weighted by atomic mass is 10.2. The SMILES string of the molecule is COC(=O)c1cc(S(=O)(=O)N[C@@H](C)CN)ccc1OC.Cl. The smallest absolute Gasteiger partial charge is 0.341 e. The van der Waals surface area contributed by atoms with Gasteiger partial charge in [-0.25, -0.2) is 17.9 Å². The van der Waals surface area contributed by atoms with E-state index in [1.807, 2.05) is 0 Å². The Balaban J connectivity index is 0.00000400. The quantitative estimate of drug-likeness (QED) is 0.732. The van der Waals surface area contributed by atoms with Crippen molar-refractivity contribution < 1.29 is 22.7 Å². The van der Waals surface area contributed by atoms with Gasteiger partial charge in [0.2, 0.25) is 10.0 Å². The number of methoxy groups -OCH3 is 2. The predicted molar refractivity (Wildman–Crippen MR) is 80.4 cm³/mol. The zero-order valence-electron chi connectivity index (χ0n) is 12.0. The van der Waals surface area contributed by atoms with Gasteiger partial charge in [0, 0.05) is 12.6 Å². The molecule has 0 aliphatic rings. The number of nitrogens with one attached hydrogen (secondary N) is 1. The van der Waals surface area contributed by atoms with Gasteiger partial charge in [0.25, 0.3) is 0 Å². The molecule has 0 aliphatic carbocycles. The highest BCUT2D eigenvalue weighted by Crippen LogP contribution is 2.23. The molecule has 0 saturated carbocycles. The summed E-state index contributed by atoms with van der Waals surface area (Å²) in [6.07, 6.45) is 0. The van der Waals surface area contributed by atoms with E-state index >= 15 is 0 Å². The third-order valence-electron chi connectivity index (χ3n) is 2.60. The topological polar surface area (TPSA) is 108 Å². The van der Waals surface area contributed by atoms with Crippen LogP contribution in [0.15, 0.2) is 23.1 Å². The highest BCUT2D eigenvalue weighted by Gasteiger charge is 2.21. The van der Waals surface area contributed by atoms with Crippen molar-refractivity contribution in [2.45, 2.75) is 17.9 Å². The van der Waals surface area contributed by atoms with E-state index in [0.717, 1.165) is 0 Å². The summed E-state index contributed by atoms with van der Waals surface area (Å²) >= 11 is 0. The molecule has 0 aliphatic heterocycles. The fourth-order valence-corrected chi connectivity index (χ4v) is 2.79. The Morgan fingerprint density at radius 3 is 2.48 bits per heavy atom. The van der Waals surface area contributed by atoms with Crippen molar-refractivity contribution in [3.05, 3.63) is 23.8 Å². The molecule has 1 aromatic carbocycles. The number of nitrogens with two attached hydrogens (primary N) is 1. The number of ether oxygens (including phenoxy) is 2. The summed E-state index contributed by atoms with van der Waals surface area (Å²) in [6, 6.07) is 3.53. The molecule has 1 atom stereocenters. The summed E-state index contributed by atoms with van der Waals surface area (Å²) in [5, 5.41) is 0. The maximum atomic E-state index is 12.1. The molecule has 0 radical (unpaired) electrons. The van der Waals surface area contributed by atoms with Crippen molar-refractivity contribution in [1.82, 2.24) is 4.72 Å². The Labute approximate surface area is 130 Å². The van der Waals surface area contributed by atoms with E-state index in [0.29, 0.717) is 0 Å². The first kappa shape index (κ1) is 19.7. The maximum absolute atomic E-state index is 12.1. The summed E-state index contributed by atoms with van der Waals surface area (Å²) in [6.45, 7) is 1.81. The number of benzene rings is 1. The molecule has 0 bridgehead atoms. The van der Waals surface area contributed by atoms with Gasteiger partial charge in [0.15, 0.2) is 0 Å². The van der Waals surface area contributed by atoms with E-state index < -0.39 is 22.0 Å².